The first kappa shape index (κ1) is 18.9. The quantitative estimate of drug-likeness (QED) is 0.255. The normalized spacial score (nSPS) is 12.6. The highest BCUT2D eigenvalue weighted by Gasteiger charge is 2.21. The minimum Gasteiger partial charge on any atom is -0.504 e. The summed E-state index contributed by atoms with van der Waals surface area (Å²) in [5, 5.41) is 24.9. The zero-order valence-corrected chi connectivity index (χ0v) is 15.6. The maximum atomic E-state index is 12.3. The van der Waals surface area contributed by atoms with Crippen LogP contribution in [0.3, 0.4) is 0 Å². The van der Waals surface area contributed by atoms with Gasteiger partial charge in [-0.15, -0.1) is 0 Å². The summed E-state index contributed by atoms with van der Waals surface area (Å²) < 4.78 is 0. The second kappa shape index (κ2) is 7.55. The van der Waals surface area contributed by atoms with Crippen molar-refractivity contribution in [1.82, 2.24) is 9.97 Å². The van der Waals surface area contributed by atoms with Crippen LogP contribution in [0, 0.1) is 0 Å². The number of phenolic OH excluding ortho intramolecular Hbond substituents is 2. The van der Waals surface area contributed by atoms with Gasteiger partial charge >= 0.3 is 0 Å². The fourth-order valence-electron chi connectivity index (χ4n) is 3.08. The lowest BCUT2D eigenvalue weighted by molar-refractivity contribution is -0.115. The number of benzene rings is 2. The Morgan fingerprint density at radius 3 is 2.77 bits per heavy atom. The van der Waals surface area contributed by atoms with Gasteiger partial charge in [0.2, 0.25) is 17.8 Å². The number of hydrogen-bond donors (Lipinski definition) is 5. The number of nitrogens with one attached hydrogen (secondary N) is 2. The number of amides is 2. The van der Waals surface area contributed by atoms with E-state index >= 15 is 0 Å². The average molecular weight is 403 g/mol. The summed E-state index contributed by atoms with van der Waals surface area (Å²) in [4.78, 5) is 32.1. The minimum atomic E-state index is -0.567. The molecule has 30 heavy (non-hydrogen) atoms. The second-order valence-corrected chi connectivity index (χ2v) is 6.66. The van der Waals surface area contributed by atoms with Crippen molar-refractivity contribution in [3.8, 4) is 22.8 Å². The molecule has 0 saturated heterocycles. The third-order valence-electron chi connectivity index (χ3n) is 4.46. The number of primary amides is 1. The fourth-order valence-corrected chi connectivity index (χ4v) is 3.08. The first-order valence-corrected chi connectivity index (χ1v) is 8.96. The fraction of sp³-hybridized carbons (Fsp3) is 0.0476. The molecule has 0 fully saturated rings. The van der Waals surface area contributed by atoms with E-state index in [2.05, 4.69) is 20.6 Å². The van der Waals surface area contributed by atoms with Gasteiger partial charge in [-0.1, -0.05) is 12.1 Å². The zero-order valence-electron chi connectivity index (χ0n) is 15.6. The Morgan fingerprint density at radius 2 is 2.00 bits per heavy atom. The van der Waals surface area contributed by atoms with Crippen LogP contribution in [0.4, 0.5) is 17.3 Å². The van der Waals surface area contributed by atoms with Gasteiger partial charge in [-0.25, -0.2) is 9.97 Å². The predicted molar refractivity (Wildman–Crippen MR) is 111 cm³/mol. The molecule has 0 atom stereocenters. The van der Waals surface area contributed by atoms with Crippen molar-refractivity contribution in [3.63, 3.8) is 0 Å². The van der Waals surface area contributed by atoms with Crippen molar-refractivity contribution in [3.05, 3.63) is 59.8 Å². The number of aromatic nitrogens is 2. The molecule has 1 aliphatic rings. The Hall–Kier alpha value is -4.40. The number of hydrogen-bond acceptors (Lipinski definition) is 7. The van der Waals surface area contributed by atoms with Gasteiger partial charge in [-0.2, -0.15) is 0 Å². The third kappa shape index (κ3) is 3.90. The SMILES string of the molecule is NC(=O)/C=C/c1ccc2c(c1)NC(=O)Cc1cnc(Nc3ccc(O)c(O)c3)nc1-2. The summed E-state index contributed by atoms with van der Waals surface area (Å²) in [6, 6.07) is 9.58. The summed E-state index contributed by atoms with van der Waals surface area (Å²) in [5.41, 5.74) is 8.81. The Balaban J connectivity index is 1.73. The van der Waals surface area contributed by atoms with Crippen molar-refractivity contribution < 1.29 is 19.8 Å². The minimum absolute atomic E-state index is 0.108. The average Bonchev–Trinajstić information content (AvgIpc) is 2.84. The molecule has 0 aliphatic carbocycles. The van der Waals surface area contributed by atoms with E-state index in [-0.39, 0.29) is 29.8 Å². The highest BCUT2D eigenvalue weighted by atomic mass is 16.3. The summed E-state index contributed by atoms with van der Waals surface area (Å²) in [7, 11) is 0. The highest BCUT2D eigenvalue weighted by Crippen LogP contribution is 2.34. The highest BCUT2D eigenvalue weighted by molar-refractivity contribution is 6.00. The van der Waals surface area contributed by atoms with Gasteiger partial charge in [0.1, 0.15) is 0 Å². The molecule has 0 bridgehead atoms. The Morgan fingerprint density at radius 1 is 1.17 bits per heavy atom. The molecule has 0 radical (unpaired) electrons. The third-order valence-corrected chi connectivity index (χ3v) is 4.46. The second-order valence-electron chi connectivity index (χ2n) is 6.66. The van der Waals surface area contributed by atoms with Crippen LogP contribution >= 0.6 is 0 Å². The first-order chi connectivity index (χ1) is 14.4. The molecule has 1 aromatic heterocycles. The topological polar surface area (TPSA) is 150 Å². The zero-order chi connectivity index (χ0) is 21.3. The van der Waals surface area contributed by atoms with Crippen LogP contribution in [0.2, 0.25) is 0 Å². The van der Waals surface area contributed by atoms with Gasteiger partial charge < -0.3 is 26.6 Å². The number of phenols is 2. The largest absolute Gasteiger partial charge is 0.504 e. The molecule has 2 amide bonds. The first-order valence-electron chi connectivity index (χ1n) is 8.96. The van der Waals surface area contributed by atoms with Crippen LogP contribution in [0.5, 0.6) is 11.5 Å². The van der Waals surface area contributed by atoms with Crippen molar-refractivity contribution in [2.45, 2.75) is 6.42 Å². The van der Waals surface area contributed by atoms with E-state index in [1.165, 1.54) is 18.2 Å². The van der Waals surface area contributed by atoms with E-state index in [0.29, 0.717) is 33.8 Å². The van der Waals surface area contributed by atoms with Gasteiger partial charge in [0.25, 0.3) is 0 Å². The molecular formula is C21H17N5O4. The number of carbonyl (C=O) groups is 2. The molecule has 9 heteroatoms. The van der Waals surface area contributed by atoms with Crippen LogP contribution in [-0.2, 0) is 16.0 Å². The molecule has 2 heterocycles. The molecular weight excluding hydrogens is 386 g/mol. The number of anilines is 3. The van der Waals surface area contributed by atoms with E-state index in [4.69, 9.17) is 5.73 Å². The number of nitrogens with zero attached hydrogens (tertiary/aromatic N) is 2. The van der Waals surface area contributed by atoms with Crippen molar-refractivity contribution in [1.29, 1.82) is 0 Å². The number of nitrogens with two attached hydrogens (primary N) is 1. The molecule has 6 N–H and O–H groups in total. The van der Waals surface area contributed by atoms with E-state index < -0.39 is 5.91 Å². The van der Waals surface area contributed by atoms with Gasteiger partial charge in [0, 0.05) is 35.2 Å². The molecule has 3 aromatic rings. The summed E-state index contributed by atoms with van der Waals surface area (Å²) in [6.45, 7) is 0. The molecule has 0 spiro atoms. The number of aromatic hydroxyl groups is 2. The Bertz CT molecular complexity index is 1210. The molecule has 4 rings (SSSR count). The smallest absolute Gasteiger partial charge is 0.241 e. The van der Waals surface area contributed by atoms with Crippen LogP contribution in [0.1, 0.15) is 11.1 Å². The van der Waals surface area contributed by atoms with Gasteiger partial charge in [0.05, 0.1) is 17.8 Å². The monoisotopic (exact) mass is 403 g/mol. The van der Waals surface area contributed by atoms with Crippen molar-refractivity contribution in [2.75, 3.05) is 10.6 Å². The maximum absolute atomic E-state index is 12.3. The Kier molecular flexibility index (Phi) is 4.77. The summed E-state index contributed by atoms with van der Waals surface area (Å²) in [5.74, 6) is -1.02. The van der Waals surface area contributed by atoms with E-state index in [9.17, 15) is 19.8 Å². The van der Waals surface area contributed by atoms with E-state index in [1.807, 2.05) is 0 Å². The summed E-state index contributed by atoms with van der Waals surface area (Å²) >= 11 is 0. The van der Waals surface area contributed by atoms with Gasteiger partial charge in [-0.3, -0.25) is 9.59 Å². The van der Waals surface area contributed by atoms with Crippen LogP contribution in [0.25, 0.3) is 17.3 Å². The predicted octanol–water partition coefficient (Wildman–Crippen LogP) is 2.29. The van der Waals surface area contributed by atoms with Crippen molar-refractivity contribution in [2.24, 2.45) is 5.73 Å². The molecule has 0 unspecified atom stereocenters. The lowest BCUT2D eigenvalue weighted by Gasteiger charge is -2.11. The molecule has 9 nitrogen and oxygen atoms in total. The van der Waals surface area contributed by atoms with Gasteiger partial charge in [0.15, 0.2) is 11.5 Å². The lowest BCUT2D eigenvalue weighted by Crippen LogP contribution is -2.13. The van der Waals surface area contributed by atoms with Crippen LogP contribution in [0.15, 0.2) is 48.7 Å². The molecule has 150 valence electrons. The molecule has 1 aliphatic heterocycles. The summed E-state index contributed by atoms with van der Waals surface area (Å²) in [6.07, 6.45) is 4.48. The van der Waals surface area contributed by atoms with E-state index in [0.717, 1.165) is 0 Å². The molecule has 2 aromatic carbocycles. The molecule has 0 saturated carbocycles. The Labute approximate surface area is 170 Å². The lowest BCUT2D eigenvalue weighted by atomic mass is 10.0. The van der Waals surface area contributed by atoms with Crippen LogP contribution < -0.4 is 16.4 Å². The standard InChI is InChI=1S/C21H17N5O4/c22-18(29)6-2-11-1-4-14-15(7-11)25-19(30)8-12-10-23-21(26-20(12)14)24-13-3-5-16(27)17(28)9-13/h1-7,9-10,27-28H,8H2,(H2,22,29)(H,25,30)(H,23,24,26)/b6-2+. The van der Waals surface area contributed by atoms with E-state index in [1.54, 1.807) is 36.5 Å². The maximum Gasteiger partial charge on any atom is 0.241 e. The van der Waals surface area contributed by atoms with Gasteiger partial charge in [-0.05, 0) is 29.8 Å². The van der Waals surface area contributed by atoms with Crippen LogP contribution in [-0.4, -0.2) is 32.0 Å². The number of rotatable bonds is 4. The number of carbonyl (C=O) groups excluding carboxylic acids is 2. The number of fused-ring (bicyclic) bond motifs is 3. The van der Waals surface area contributed by atoms with Crippen molar-refractivity contribution >= 4 is 35.2 Å².